The van der Waals surface area contributed by atoms with E-state index in [0.29, 0.717) is 17.5 Å². The second-order valence-electron chi connectivity index (χ2n) is 4.65. The van der Waals surface area contributed by atoms with Crippen LogP contribution in [0, 0.1) is 5.92 Å². The molecule has 4 nitrogen and oxygen atoms in total. The average molecular weight is 256 g/mol. The van der Waals surface area contributed by atoms with Gasteiger partial charge in [-0.15, -0.1) is 0 Å². The van der Waals surface area contributed by atoms with Crippen LogP contribution in [0.4, 0.5) is 0 Å². The van der Waals surface area contributed by atoms with Crippen molar-refractivity contribution in [1.29, 1.82) is 0 Å². The van der Waals surface area contributed by atoms with E-state index in [0.717, 1.165) is 0 Å². The van der Waals surface area contributed by atoms with Gasteiger partial charge in [-0.25, -0.2) is 4.98 Å². The lowest BCUT2D eigenvalue weighted by Crippen LogP contribution is -2.26. The Kier molecular flexibility index (Phi) is 5.21. The van der Waals surface area contributed by atoms with Crippen LogP contribution in [0.2, 0.25) is 0 Å². The summed E-state index contributed by atoms with van der Waals surface area (Å²) in [6.45, 7) is 8.43. The van der Waals surface area contributed by atoms with Gasteiger partial charge in [-0.2, -0.15) is 0 Å². The normalized spacial score (nSPS) is 14.9. The van der Waals surface area contributed by atoms with Gasteiger partial charge in [0.1, 0.15) is 0 Å². The summed E-state index contributed by atoms with van der Waals surface area (Å²) < 4.78 is 1.68. The van der Waals surface area contributed by atoms with Crippen molar-refractivity contribution in [3.63, 3.8) is 0 Å². The van der Waals surface area contributed by atoms with E-state index in [1.807, 2.05) is 6.92 Å². The number of hydrogen-bond acceptors (Lipinski definition) is 4. The summed E-state index contributed by atoms with van der Waals surface area (Å²) in [5.74, 6) is 0.419. The van der Waals surface area contributed by atoms with E-state index < -0.39 is 6.10 Å². The Hall–Kier alpha value is -0.810. The van der Waals surface area contributed by atoms with Crippen LogP contribution in [0.5, 0.6) is 0 Å². The molecule has 0 amide bonds. The van der Waals surface area contributed by atoms with Crippen molar-refractivity contribution in [2.75, 3.05) is 0 Å². The molecule has 0 spiro atoms. The molecule has 2 atom stereocenters. The van der Waals surface area contributed by atoms with Gasteiger partial charge >= 0.3 is 0 Å². The maximum atomic E-state index is 12.1. The highest BCUT2D eigenvalue weighted by atomic mass is 32.2. The topological polar surface area (TPSA) is 55.1 Å². The Morgan fingerprint density at radius 2 is 2.06 bits per heavy atom. The number of hydrogen-bond donors (Lipinski definition) is 1. The second kappa shape index (κ2) is 6.21. The molecule has 0 aromatic carbocycles. The van der Waals surface area contributed by atoms with Gasteiger partial charge in [0.05, 0.1) is 6.10 Å². The Morgan fingerprint density at radius 3 is 2.59 bits per heavy atom. The van der Waals surface area contributed by atoms with Gasteiger partial charge in [0.25, 0.3) is 5.56 Å². The Bertz CT molecular complexity index is 415. The predicted octanol–water partition coefficient (Wildman–Crippen LogP) is 1.76. The maximum absolute atomic E-state index is 12.1. The van der Waals surface area contributed by atoms with Gasteiger partial charge in [0.2, 0.25) is 0 Å². The van der Waals surface area contributed by atoms with Crippen molar-refractivity contribution in [3.8, 4) is 0 Å². The third-order valence-corrected chi connectivity index (χ3v) is 3.69. The van der Waals surface area contributed by atoms with E-state index in [2.05, 4.69) is 18.8 Å². The highest BCUT2D eigenvalue weighted by Gasteiger charge is 2.14. The largest absolute Gasteiger partial charge is 0.392 e. The van der Waals surface area contributed by atoms with Crippen molar-refractivity contribution in [3.05, 3.63) is 22.7 Å². The van der Waals surface area contributed by atoms with Gasteiger partial charge in [0, 0.05) is 24.2 Å². The van der Waals surface area contributed by atoms with E-state index in [1.165, 1.54) is 11.8 Å². The molecule has 1 rings (SSSR count). The molecule has 0 saturated heterocycles. The minimum Gasteiger partial charge on any atom is -0.392 e. The smallest absolute Gasteiger partial charge is 0.283 e. The zero-order chi connectivity index (χ0) is 13.0. The molecule has 0 bridgehead atoms. The van der Waals surface area contributed by atoms with Crippen LogP contribution in [0.15, 0.2) is 22.2 Å². The van der Waals surface area contributed by atoms with Gasteiger partial charge in [-0.3, -0.25) is 4.79 Å². The molecule has 0 fully saturated rings. The second-order valence-corrected chi connectivity index (χ2v) is 6.01. The van der Waals surface area contributed by atoms with Crippen molar-refractivity contribution >= 4 is 11.8 Å². The standard InChI is InChI=1S/C12H20N2O2S/c1-8(2)7-14-6-5-13-11(12(14)16)17-10(4)9(3)15/h5-6,8-10,15H,7H2,1-4H3. The molecular formula is C12H20N2O2S. The Balaban J connectivity index is 2.91. The molecule has 0 aliphatic rings. The number of thioether (sulfide) groups is 1. The average Bonchev–Trinajstić information content (AvgIpc) is 2.23. The lowest BCUT2D eigenvalue weighted by Gasteiger charge is -2.14. The molecule has 1 aromatic heterocycles. The van der Waals surface area contributed by atoms with E-state index in [9.17, 15) is 9.90 Å². The first-order chi connectivity index (χ1) is 7.91. The van der Waals surface area contributed by atoms with Crippen molar-refractivity contribution in [2.45, 2.75) is 50.6 Å². The van der Waals surface area contributed by atoms with E-state index in [1.54, 1.807) is 23.9 Å². The molecule has 2 unspecified atom stereocenters. The number of aliphatic hydroxyl groups excluding tert-OH is 1. The molecule has 5 heteroatoms. The first-order valence-corrected chi connectivity index (χ1v) is 6.70. The minimum atomic E-state index is -0.458. The number of rotatable bonds is 5. The zero-order valence-corrected chi connectivity index (χ0v) is 11.6. The van der Waals surface area contributed by atoms with Crippen molar-refractivity contribution < 1.29 is 5.11 Å². The Morgan fingerprint density at radius 1 is 1.41 bits per heavy atom. The monoisotopic (exact) mass is 256 g/mol. The highest BCUT2D eigenvalue weighted by Crippen LogP contribution is 2.20. The molecule has 0 aliphatic heterocycles. The highest BCUT2D eigenvalue weighted by molar-refractivity contribution is 7.99. The quantitative estimate of drug-likeness (QED) is 0.816. The van der Waals surface area contributed by atoms with Gasteiger partial charge < -0.3 is 9.67 Å². The van der Waals surface area contributed by atoms with Crippen LogP contribution < -0.4 is 5.56 Å². The minimum absolute atomic E-state index is 0.0369. The molecule has 0 aliphatic carbocycles. The summed E-state index contributed by atoms with van der Waals surface area (Å²) in [6.07, 6.45) is 2.89. The fourth-order valence-corrected chi connectivity index (χ4v) is 2.21. The Labute approximate surface area is 106 Å². The van der Waals surface area contributed by atoms with Gasteiger partial charge in [0.15, 0.2) is 5.03 Å². The molecule has 1 heterocycles. The lowest BCUT2D eigenvalue weighted by atomic mass is 10.2. The zero-order valence-electron chi connectivity index (χ0n) is 10.8. The maximum Gasteiger partial charge on any atom is 0.283 e. The molecular weight excluding hydrogens is 236 g/mol. The summed E-state index contributed by atoms with van der Waals surface area (Å²) in [6, 6.07) is 0. The number of nitrogens with zero attached hydrogens (tertiary/aromatic N) is 2. The van der Waals surface area contributed by atoms with Crippen LogP contribution in [0.3, 0.4) is 0 Å². The number of aliphatic hydroxyl groups is 1. The van der Waals surface area contributed by atoms with Crippen LogP contribution >= 0.6 is 11.8 Å². The van der Waals surface area contributed by atoms with E-state index in [-0.39, 0.29) is 10.8 Å². The SMILES string of the molecule is CC(C)Cn1ccnc(SC(C)C(C)O)c1=O. The van der Waals surface area contributed by atoms with Crippen molar-refractivity contribution in [2.24, 2.45) is 5.92 Å². The fraction of sp³-hybridized carbons (Fsp3) is 0.667. The first kappa shape index (κ1) is 14.3. The van der Waals surface area contributed by atoms with E-state index >= 15 is 0 Å². The number of aromatic nitrogens is 2. The molecule has 96 valence electrons. The van der Waals surface area contributed by atoms with Gasteiger partial charge in [-0.05, 0) is 12.8 Å². The van der Waals surface area contributed by atoms with E-state index in [4.69, 9.17) is 0 Å². The third kappa shape index (κ3) is 4.16. The van der Waals surface area contributed by atoms with Crippen LogP contribution in [-0.4, -0.2) is 26.0 Å². The summed E-state index contributed by atoms with van der Waals surface area (Å²) >= 11 is 1.33. The fourth-order valence-electron chi connectivity index (χ4n) is 1.32. The molecule has 17 heavy (non-hydrogen) atoms. The lowest BCUT2D eigenvalue weighted by molar-refractivity contribution is 0.196. The van der Waals surface area contributed by atoms with Crippen molar-refractivity contribution in [1.82, 2.24) is 9.55 Å². The van der Waals surface area contributed by atoms with Crippen LogP contribution in [-0.2, 0) is 6.54 Å². The summed E-state index contributed by atoms with van der Waals surface area (Å²) in [5.41, 5.74) is -0.0706. The summed E-state index contributed by atoms with van der Waals surface area (Å²) in [4.78, 5) is 16.1. The molecule has 0 radical (unpaired) electrons. The molecule has 0 saturated carbocycles. The summed E-state index contributed by atoms with van der Waals surface area (Å²) in [7, 11) is 0. The van der Waals surface area contributed by atoms with Crippen LogP contribution in [0.25, 0.3) is 0 Å². The summed E-state index contributed by atoms with van der Waals surface area (Å²) in [5, 5.41) is 9.85. The predicted molar refractivity (Wildman–Crippen MR) is 70.3 cm³/mol. The van der Waals surface area contributed by atoms with Crippen LogP contribution in [0.1, 0.15) is 27.7 Å². The molecule has 1 N–H and O–H groups in total. The third-order valence-electron chi connectivity index (χ3n) is 2.42. The molecule has 1 aromatic rings. The first-order valence-electron chi connectivity index (χ1n) is 5.82. The van der Waals surface area contributed by atoms with Gasteiger partial charge in [-0.1, -0.05) is 32.5 Å².